The van der Waals surface area contributed by atoms with Crippen LogP contribution in [0.5, 0.6) is 11.5 Å². The number of furan rings is 1. The van der Waals surface area contributed by atoms with Crippen molar-refractivity contribution in [3.05, 3.63) is 186 Å². The molecule has 1 aliphatic heterocycles. The average molecular weight is 667 g/mol. The van der Waals surface area contributed by atoms with E-state index in [0.29, 0.717) is 17.3 Å². The van der Waals surface area contributed by atoms with Crippen LogP contribution in [0.2, 0.25) is 0 Å². The van der Waals surface area contributed by atoms with Crippen LogP contribution < -0.4 is 9.47 Å². The second-order valence-electron chi connectivity index (χ2n) is 13.6. The zero-order valence-electron chi connectivity index (χ0n) is 27.6. The minimum atomic E-state index is -0.831. The molecule has 1 atom stereocenters. The van der Waals surface area contributed by atoms with E-state index in [0.717, 1.165) is 94.5 Å². The monoisotopic (exact) mass is 666 g/mol. The van der Waals surface area contributed by atoms with Crippen LogP contribution in [0.25, 0.3) is 72.0 Å². The van der Waals surface area contributed by atoms with Gasteiger partial charge >= 0.3 is 0 Å². The number of hydrogen-bond donors (Lipinski definition) is 0. The molecule has 12 rings (SSSR count). The summed E-state index contributed by atoms with van der Waals surface area (Å²) in [5.74, 6) is 3.68. The van der Waals surface area contributed by atoms with Crippen molar-refractivity contribution in [3.63, 3.8) is 0 Å². The van der Waals surface area contributed by atoms with Gasteiger partial charge in [0.25, 0.3) is 0 Å². The van der Waals surface area contributed by atoms with Crippen molar-refractivity contribution < 1.29 is 13.9 Å². The Labute approximate surface area is 298 Å². The van der Waals surface area contributed by atoms with Crippen molar-refractivity contribution in [3.8, 4) is 45.0 Å². The van der Waals surface area contributed by atoms with E-state index in [-0.39, 0.29) is 0 Å². The zero-order valence-corrected chi connectivity index (χ0v) is 27.6. The maximum atomic E-state index is 6.94. The first-order valence-electron chi connectivity index (χ1n) is 17.5. The minimum absolute atomic E-state index is 0.695. The molecule has 0 bridgehead atoms. The lowest BCUT2D eigenvalue weighted by Crippen LogP contribution is -2.31. The van der Waals surface area contributed by atoms with Crippen LogP contribution >= 0.6 is 0 Å². The molecule has 52 heavy (non-hydrogen) atoms. The lowest BCUT2D eigenvalue weighted by molar-refractivity contribution is 0.306. The van der Waals surface area contributed by atoms with Crippen LogP contribution in [0, 0.1) is 0 Å². The summed E-state index contributed by atoms with van der Waals surface area (Å²) in [7, 11) is 0. The molecule has 3 aliphatic rings. The molecule has 1 spiro atoms. The largest absolute Gasteiger partial charge is 0.458 e. The summed E-state index contributed by atoms with van der Waals surface area (Å²) >= 11 is 0. The maximum absolute atomic E-state index is 6.94. The Morgan fingerprint density at radius 1 is 0.500 bits per heavy atom. The molecule has 242 valence electrons. The Morgan fingerprint density at radius 3 is 2.06 bits per heavy atom. The van der Waals surface area contributed by atoms with E-state index >= 15 is 0 Å². The van der Waals surface area contributed by atoms with Gasteiger partial charge in [0.1, 0.15) is 16.8 Å². The van der Waals surface area contributed by atoms with Crippen molar-refractivity contribution in [1.82, 2.24) is 9.97 Å². The summed E-state index contributed by atoms with van der Waals surface area (Å²) < 4.78 is 20.6. The molecule has 5 heteroatoms. The second kappa shape index (κ2) is 10.1. The molecule has 2 aromatic heterocycles. The highest BCUT2D eigenvalue weighted by atomic mass is 16.6. The maximum Gasteiger partial charge on any atom is 0.179 e. The van der Waals surface area contributed by atoms with Crippen molar-refractivity contribution in [2.45, 2.75) is 5.41 Å². The summed E-state index contributed by atoms with van der Waals surface area (Å²) in [6, 6.07) is 52.5. The quantitative estimate of drug-likeness (QED) is 0.184. The topological polar surface area (TPSA) is 57.4 Å². The van der Waals surface area contributed by atoms with Gasteiger partial charge in [-0.15, -0.1) is 0 Å². The van der Waals surface area contributed by atoms with Gasteiger partial charge in [0.15, 0.2) is 23.0 Å². The predicted molar refractivity (Wildman–Crippen MR) is 204 cm³/mol. The molecule has 0 saturated carbocycles. The summed E-state index contributed by atoms with van der Waals surface area (Å²) in [5.41, 5.74) is 11.4. The standard InChI is InChI=1S/C47H26N2O3/c1-2-12-30-29(11-1)28(22-23-32(30)39-26-48-37-16-6-7-17-38(37)49-39)27-21-24-36-34(25-27)31-13-3-5-15-35(31)47(36)45-43(33-14-4-8-18-40(33)51-45)44-46(47)52-42-20-10-9-19-41(42)50-44/h1-26H. The molecule has 1 unspecified atom stereocenters. The third kappa shape index (κ3) is 3.51. The van der Waals surface area contributed by atoms with Crippen LogP contribution in [0.15, 0.2) is 168 Å². The number of para-hydroxylation sites is 5. The van der Waals surface area contributed by atoms with Gasteiger partial charge in [-0.05, 0) is 80.6 Å². The fraction of sp³-hybridized carbons (Fsp3) is 0.0213. The molecular formula is C47H26N2O3. The number of fused-ring (bicyclic) bond motifs is 14. The molecule has 3 heterocycles. The highest BCUT2D eigenvalue weighted by molar-refractivity contribution is 6.06. The number of hydrogen-bond acceptors (Lipinski definition) is 5. The third-order valence-electron chi connectivity index (χ3n) is 11.0. The van der Waals surface area contributed by atoms with E-state index < -0.39 is 5.41 Å². The highest BCUT2D eigenvalue weighted by Gasteiger charge is 2.60. The Kier molecular flexibility index (Phi) is 5.37. The summed E-state index contributed by atoms with van der Waals surface area (Å²) in [5, 5.41) is 3.29. The molecular weight excluding hydrogens is 641 g/mol. The molecule has 0 radical (unpaired) electrons. The number of ether oxygens (including phenoxy) is 2. The van der Waals surface area contributed by atoms with E-state index in [1.807, 2.05) is 72.9 Å². The van der Waals surface area contributed by atoms with Gasteiger partial charge in [-0.1, -0.05) is 115 Å². The smallest absolute Gasteiger partial charge is 0.179 e. The Bertz CT molecular complexity index is 3050. The predicted octanol–water partition coefficient (Wildman–Crippen LogP) is 11.3. The Morgan fingerprint density at radius 2 is 1.17 bits per heavy atom. The number of rotatable bonds is 2. The third-order valence-corrected chi connectivity index (χ3v) is 11.0. The zero-order chi connectivity index (χ0) is 34.0. The molecule has 0 N–H and O–H groups in total. The van der Waals surface area contributed by atoms with Gasteiger partial charge in [0.2, 0.25) is 0 Å². The van der Waals surface area contributed by atoms with E-state index in [4.69, 9.17) is 23.9 Å². The molecule has 0 fully saturated rings. The van der Waals surface area contributed by atoms with Gasteiger partial charge in [0.05, 0.1) is 28.5 Å². The van der Waals surface area contributed by atoms with Gasteiger partial charge < -0.3 is 13.9 Å². The molecule has 0 saturated heterocycles. The number of allylic oxidation sites excluding steroid dienone is 1. The van der Waals surface area contributed by atoms with Gasteiger partial charge in [-0.25, -0.2) is 4.98 Å². The molecule has 9 aromatic rings. The summed E-state index contributed by atoms with van der Waals surface area (Å²) in [4.78, 5) is 9.71. The molecule has 2 aliphatic carbocycles. The SMILES string of the molecule is c1ccc2c(c1)OC1=C(O2)C2(c3ccccc3-c3cc(-c4ccc(-c5cnc6ccccc6n5)c5ccccc45)ccc32)c2oc3ccccc3c21. The van der Waals surface area contributed by atoms with Gasteiger partial charge in [-0.3, -0.25) is 4.98 Å². The van der Waals surface area contributed by atoms with Crippen molar-refractivity contribution in [2.75, 3.05) is 0 Å². The van der Waals surface area contributed by atoms with Crippen molar-refractivity contribution in [1.29, 1.82) is 0 Å². The summed E-state index contributed by atoms with van der Waals surface area (Å²) in [6.45, 7) is 0. The average Bonchev–Trinajstić information content (AvgIpc) is 3.82. The van der Waals surface area contributed by atoms with Crippen LogP contribution in [0.4, 0.5) is 0 Å². The number of aromatic nitrogens is 2. The molecule has 5 nitrogen and oxygen atoms in total. The van der Waals surface area contributed by atoms with Crippen LogP contribution in [-0.2, 0) is 5.41 Å². The van der Waals surface area contributed by atoms with E-state index in [9.17, 15) is 0 Å². The first-order chi connectivity index (χ1) is 25.8. The fourth-order valence-corrected chi connectivity index (χ4v) is 8.78. The van der Waals surface area contributed by atoms with Gasteiger partial charge in [-0.2, -0.15) is 0 Å². The van der Waals surface area contributed by atoms with Crippen LogP contribution in [0.1, 0.15) is 22.5 Å². The van der Waals surface area contributed by atoms with Crippen LogP contribution in [0.3, 0.4) is 0 Å². The summed E-state index contributed by atoms with van der Waals surface area (Å²) in [6.07, 6.45) is 1.88. The fourth-order valence-electron chi connectivity index (χ4n) is 8.78. The molecule has 7 aromatic carbocycles. The van der Waals surface area contributed by atoms with Gasteiger partial charge in [0, 0.05) is 10.9 Å². The Hall–Kier alpha value is -6.98. The van der Waals surface area contributed by atoms with E-state index in [1.54, 1.807) is 0 Å². The van der Waals surface area contributed by atoms with Crippen molar-refractivity contribution in [2.24, 2.45) is 0 Å². The van der Waals surface area contributed by atoms with Crippen molar-refractivity contribution >= 4 is 38.5 Å². The molecule has 0 amide bonds. The lowest BCUT2D eigenvalue weighted by atomic mass is 9.76. The number of benzene rings is 7. The van der Waals surface area contributed by atoms with E-state index in [1.165, 1.54) is 0 Å². The Balaban J connectivity index is 1.09. The van der Waals surface area contributed by atoms with E-state index in [2.05, 4.69) is 84.9 Å². The van der Waals surface area contributed by atoms with Crippen LogP contribution in [-0.4, -0.2) is 9.97 Å². The lowest BCUT2D eigenvalue weighted by Gasteiger charge is -2.31. The minimum Gasteiger partial charge on any atom is -0.458 e. The first kappa shape index (κ1) is 27.8. The second-order valence-corrected chi connectivity index (χ2v) is 13.6. The highest BCUT2D eigenvalue weighted by Crippen LogP contribution is 2.65. The number of nitrogens with zero attached hydrogens (tertiary/aromatic N) is 2. The normalized spacial score (nSPS) is 16.4. The first-order valence-corrected chi connectivity index (χ1v) is 17.5.